The van der Waals surface area contributed by atoms with Gasteiger partial charge in [-0.25, -0.2) is 0 Å². The molecule has 0 fully saturated rings. The average molecular weight is 207 g/mol. The summed E-state index contributed by atoms with van der Waals surface area (Å²) < 4.78 is 0. The minimum absolute atomic E-state index is 0.235. The summed E-state index contributed by atoms with van der Waals surface area (Å²) in [6.45, 7) is 1.86. The Hall–Kier alpha value is -1.29. The lowest BCUT2D eigenvalue weighted by Gasteiger charge is -2.02. The fourth-order valence-corrected chi connectivity index (χ4v) is 1.70. The predicted octanol–water partition coefficient (Wildman–Crippen LogP) is 1.51. The second kappa shape index (κ2) is 2.85. The molecule has 1 aliphatic heterocycles. The highest BCUT2D eigenvalue weighted by Crippen LogP contribution is 2.26. The number of thiol groups is 1. The van der Waals surface area contributed by atoms with Crippen LogP contribution in [0.15, 0.2) is 17.0 Å². The van der Waals surface area contributed by atoms with Gasteiger partial charge < -0.3 is 0 Å². The molecule has 0 saturated heterocycles. The number of amides is 2. The Kier molecular flexibility index (Phi) is 1.89. The molecule has 0 radical (unpaired) electrons. The van der Waals surface area contributed by atoms with Crippen molar-refractivity contribution in [3.8, 4) is 0 Å². The van der Waals surface area contributed by atoms with Crippen LogP contribution in [0.4, 0.5) is 0 Å². The first-order chi connectivity index (χ1) is 6.52. The Labute approximate surface area is 87.1 Å². The van der Waals surface area contributed by atoms with E-state index in [0.29, 0.717) is 11.1 Å². The Morgan fingerprint density at radius 2 is 1.64 bits per heavy atom. The highest BCUT2D eigenvalue weighted by atomic mass is 32.1. The Balaban J connectivity index is 2.71. The fraction of sp³-hybridized carbons (Fsp3) is 0.200. The van der Waals surface area contributed by atoms with E-state index in [9.17, 15) is 9.59 Å². The van der Waals surface area contributed by atoms with Gasteiger partial charge >= 0.3 is 0 Å². The van der Waals surface area contributed by atoms with Crippen molar-refractivity contribution in [3.63, 3.8) is 0 Å². The topological polar surface area (TPSA) is 37.4 Å². The van der Waals surface area contributed by atoms with Crippen molar-refractivity contribution in [1.82, 2.24) is 4.90 Å². The van der Waals surface area contributed by atoms with E-state index in [1.807, 2.05) is 6.92 Å². The van der Waals surface area contributed by atoms with Gasteiger partial charge in [0.15, 0.2) is 0 Å². The zero-order valence-corrected chi connectivity index (χ0v) is 8.76. The summed E-state index contributed by atoms with van der Waals surface area (Å²) in [5.41, 5.74) is 1.84. The molecule has 1 aromatic rings. The molecule has 2 rings (SSSR count). The minimum Gasteiger partial charge on any atom is -0.277 e. The van der Waals surface area contributed by atoms with Gasteiger partial charge in [-0.15, -0.1) is 12.6 Å². The summed E-state index contributed by atoms with van der Waals surface area (Å²) in [4.78, 5) is 25.0. The van der Waals surface area contributed by atoms with Crippen LogP contribution in [0.2, 0.25) is 0 Å². The molecule has 1 heterocycles. The number of carbonyl (C=O) groups excluding carboxylic acids is 2. The van der Waals surface area contributed by atoms with Crippen molar-refractivity contribution in [1.29, 1.82) is 0 Å². The first-order valence-corrected chi connectivity index (χ1v) is 4.63. The van der Waals surface area contributed by atoms with Crippen molar-refractivity contribution in [3.05, 3.63) is 28.8 Å². The molecule has 0 atom stereocenters. The number of hydrogen-bond donors (Lipinski definition) is 1. The standard InChI is InChI=1S/C10H9NO2S/c1-5-3-6-7(4-8(5)14)10(13)11(2)9(6)12/h3-4,14H,1-2H3. The van der Waals surface area contributed by atoms with Crippen molar-refractivity contribution < 1.29 is 9.59 Å². The van der Waals surface area contributed by atoms with E-state index in [0.717, 1.165) is 15.4 Å². The lowest BCUT2D eigenvalue weighted by molar-refractivity contribution is 0.0693. The maximum atomic E-state index is 11.6. The van der Waals surface area contributed by atoms with Crippen molar-refractivity contribution in [2.24, 2.45) is 0 Å². The van der Waals surface area contributed by atoms with E-state index in [4.69, 9.17) is 0 Å². The van der Waals surface area contributed by atoms with E-state index in [2.05, 4.69) is 12.6 Å². The van der Waals surface area contributed by atoms with Crippen molar-refractivity contribution in [2.75, 3.05) is 7.05 Å². The number of carbonyl (C=O) groups is 2. The molecule has 0 spiro atoms. The molecule has 0 aromatic heterocycles. The molecule has 3 nitrogen and oxygen atoms in total. The molecule has 4 heteroatoms. The molecule has 0 N–H and O–H groups in total. The molecule has 0 unspecified atom stereocenters. The minimum atomic E-state index is -0.250. The smallest absolute Gasteiger partial charge is 0.261 e. The van der Waals surface area contributed by atoms with E-state index in [-0.39, 0.29) is 11.8 Å². The highest BCUT2D eigenvalue weighted by Gasteiger charge is 2.32. The van der Waals surface area contributed by atoms with Gasteiger partial charge in [-0.2, -0.15) is 0 Å². The number of imide groups is 1. The monoisotopic (exact) mass is 207 g/mol. The maximum Gasteiger partial charge on any atom is 0.261 e. The van der Waals surface area contributed by atoms with Crippen LogP contribution in [0.3, 0.4) is 0 Å². The highest BCUT2D eigenvalue weighted by molar-refractivity contribution is 7.80. The molecule has 0 aliphatic carbocycles. The Bertz CT molecular complexity index is 413. The van der Waals surface area contributed by atoms with Gasteiger partial charge in [0, 0.05) is 11.9 Å². The first-order valence-electron chi connectivity index (χ1n) is 4.18. The van der Waals surface area contributed by atoms with Crippen LogP contribution in [-0.2, 0) is 0 Å². The molecule has 72 valence electrons. The zero-order valence-electron chi connectivity index (χ0n) is 7.87. The van der Waals surface area contributed by atoms with E-state index in [1.165, 1.54) is 7.05 Å². The molecular weight excluding hydrogens is 198 g/mol. The second-order valence-corrected chi connectivity index (χ2v) is 3.84. The van der Waals surface area contributed by atoms with Gasteiger partial charge in [-0.05, 0) is 24.6 Å². The third kappa shape index (κ3) is 1.07. The van der Waals surface area contributed by atoms with Gasteiger partial charge in [-0.3, -0.25) is 14.5 Å². The average Bonchev–Trinajstić information content (AvgIpc) is 2.34. The summed E-state index contributed by atoms with van der Waals surface area (Å²) in [6, 6.07) is 3.36. The van der Waals surface area contributed by atoms with Crippen LogP contribution < -0.4 is 0 Å². The maximum absolute atomic E-state index is 11.6. The number of fused-ring (bicyclic) bond motifs is 1. The fourth-order valence-electron chi connectivity index (χ4n) is 1.50. The number of nitrogens with zero attached hydrogens (tertiary/aromatic N) is 1. The lowest BCUT2D eigenvalue weighted by Crippen LogP contribution is -2.24. The molecule has 14 heavy (non-hydrogen) atoms. The van der Waals surface area contributed by atoms with Crippen LogP contribution in [-0.4, -0.2) is 23.8 Å². The van der Waals surface area contributed by atoms with Crippen LogP contribution in [0.1, 0.15) is 26.3 Å². The molecule has 1 aliphatic rings. The number of hydrogen-bond acceptors (Lipinski definition) is 3. The van der Waals surface area contributed by atoms with E-state index in [1.54, 1.807) is 12.1 Å². The summed E-state index contributed by atoms with van der Waals surface area (Å²) >= 11 is 4.21. The second-order valence-electron chi connectivity index (χ2n) is 3.35. The molecule has 0 saturated carbocycles. The van der Waals surface area contributed by atoms with Crippen LogP contribution in [0.25, 0.3) is 0 Å². The summed E-state index contributed by atoms with van der Waals surface area (Å²) in [5.74, 6) is -0.485. The Morgan fingerprint density at radius 1 is 1.14 bits per heavy atom. The molecule has 2 amide bonds. The first kappa shape index (κ1) is 9.27. The number of aryl methyl sites for hydroxylation is 1. The largest absolute Gasteiger partial charge is 0.277 e. The predicted molar refractivity (Wildman–Crippen MR) is 54.9 cm³/mol. The third-order valence-corrected chi connectivity index (χ3v) is 2.89. The number of benzene rings is 1. The third-order valence-electron chi connectivity index (χ3n) is 2.41. The summed E-state index contributed by atoms with van der Waals surface area (Å²) in [5, 5.41) is 0. The number of rotatable bonds is 0. The van der Waals surface area contributed by atoms with Gasteiger partial charge in [0.2, 0.25) is 0 Å². The van der Waals surface area contributed by atoms with E-state index >= 15 is 0 Å². The molecule has 1 aromatic carbocycles. The normalized spacial score (nSPS) is 14.9. The van der Waals surface area contributed by atoms with Gasteiger partial charge in [-0.1, -0.05) is 0 Å². The SMILES string of the molecule is Cc1cc2c(cc1S)C(=O)N(C)C2=O. The quantitative estimate of drug-likeness (QED) is 0.517. The van der Waals surface area contributed by atoms with Crippen LogP contribution in [0.5, 0.6) is 0 Å². The van der Waals surface area contributed by atoms with Crippen molar-refractivity contribution in [2.45, 2.75) is 11.8 Å². The van der Waals surface area contributed by atoms with Gasteiger partial charge in [0.1, 0.15) is 0 Å². The Morgan fingerprint density at radius 3 is 2.21 bits per heavy atom. The summed E-state index contributed by atoms with van der Waals surface area (Å²) in [6.07, 6.45) is 0. The molecular formula is C10H9NO2S. The van der Waals surface area contributed by atoms with Crippen LogP contribution in [0, 0.1) is 6.92 Å². The van der Waals surface area contributed by atoms with Gasteiger partial charge in [0.05, 0.1) is 11.1 Å². The van der Waals surface area contributed by atoms with Gasteiger partial charge in [0.25, 0.3) is 11.8 Å². The van der Waals surface area contributed by atoms with E-state index < -0.39 is 0 Å². The molecule has 0 bridgehead atoms. The van der Waals surface area contributed by atoms with Crippen molar-refractivity contribution >= 4 is 24.4 Å². The van der Waals surface area contributed by atoms with Crippen LogP contribution >= 0.6 is 12.6 Å². The lowest BCUT2D eigenvalue weighted by atomic mass is 10.1. The summed E-state index contributed by atoms with van der Waals surface area (Å²) in [7, 11) is 1.48. The zero-order chi connectivity index (χ0) is 10.5.